The van der Waals surface area contributed by atoms with Gasteiger partial charge in [-0.3, -0.25) is 4.79 Å². The van der Waals surface area contributed by atoms with Gasteiger partial charge in [-0.15, -0.1) is 0 Å². The number of hydrogen-bond acceptors (Lipinski definition) is 3. The molecule has 2 heterocycles. The predicted octanol–water partition coefficient (Wildman–Crippen LogP) is 8.67. The molecule has 0 aromatic heterocycles. The molecule has 2 fully saturated rings. The molecule has 6 rings (SSSR count). The lowest BCUT2D eigenvalue weighted by atomic mass is 9.89. The van der Waals surface area contributed by atoms with Crippen LogP contribution in [-0.4, -0.2) is 40.3 Å². The maximum atomic E-state index is 12.6. The van der Waals surface area contributed by atoms with Gasteiger partial charge >= 0.3 is 0 Å². The first-order chi connectivity index (χ1) is 19.7. The summed E-state index contributed by atoms with van der Waals surface area (Å²) in [6, 6.07) is 23.6. The molecule has 2 saturated heterocycles. The van der Waals surface area contributed by atoms with Gasteiger partial charge in [0.15, 0.2) is 5.71 Å². The van der Waals surface area contributed by atoms with Gasteiger partial charge in [0, 0.05) is 48.1 Å². The van der Waals surface area contributed by atoms with Gasteiger partial charge in [-0.05, 0) is 82.7 Å². The topological polar surface area (TPSA) is 32.1 Å². The van der Waals surface area contributed by atoms with Gasteiger partial charge in [0.2, 0.25) is 5.91 Å². The molecule has 5 heteroatoms. The van der Waals surface area contributed by atoms with Crippen molar-refractivity contribution < 1.29 is 9.37 Å². The zero-order valence-corrected chi connectivity index (χ0v) is 24.6. The number of nitrogens with zero attached hydrogens (tertiary/aromatic N) is 1. The van der Waals surface area contributed by atoms with Crippen molar-refractivity contribution in [3.8, 4) is 0 Å². The average molecular weight is 566 g/mol. The number of anilines is 1. The molecule has 3 aliphatic rings. The molecular weight excluding hydrogens is 529 g/mol. The third-order valence-electron chi connectivity index (χ3n) is 8.03. The minimum atomic E-state index is 0.109. The van der Waals surface area contributed by atoms with E-state index < -0.39 is 0 Å². The van der Waals surface area contributed by atoms with Gasteiger partial charge in [0.1, 0.15) is 13.1 Å². The van der Waals surface area contributed by atoms with Crippen LogP contribution in [0.15, 0.2) is 96.6 Å². The molecule has 1 unspecified atom stereocenters. The molecule has 0 radical (unpaired) electrons. The Hall–Kier alpha value is -3.02. The second-order valence-electron chi connectivity index (χ2n) is 10.9. The highest BCUT2D eigenvalue weighted by Gasteiger charge is 2.19. The van der Waals surface area contributed by atoms with E-state index in [1.54, 1.807) is 0 Å². The van der Waals surface area contributed by atoms with E-state index >= 15 is 0 Å². The molecule has 204 valence electrons. The Morgan fingerprint density at radius 3 is 2.35 bits per heavy atom. The predicted molar refractivity (Wildman–Crippen MR) is 174 cm³/mol. The van der Waals surface area contributed by atoms with Crippen LogP contribution >= 0.6 is 21.6 Å². The highest BCUT2D eigenvalue weighted by atomic mass is 33.1. The molecule has 2 aliphatic heterocycles. The normalized spacial score (nSPS) is 18.6. The van der Waals surface area contributed by atoms with Crippen LogP contribution in [0.2, 0.25) is 0 Å². The minimum Gasteiger partial charge on any atom is -0.326 e. The first-order valence-electron chi connectivity index (χ1n) is 14.6. The molecule has 1 amide bonds. The Balaban J connectivity index is 1.21. The van der Waals surface area contributed by atoms with Crippen molar-refractivity contribution in [2.45, 2.75) is 50.2 Å². The van der Waals surface area contributed by atoms with E-state index in [-0.39, 0.29) is 5.91 Å². The van der Waals surface area contributed by atoms with Gasteiger partial charge in [-0.1, -0.05) is 76.5 Å². The van der Waals surface area contributed by atoms with Crippen molar-refractivity contribution in [2.24, 2.45) is 0 Å². The first kappa shape index (κ1) is 27.2. The van der Waals surface area contributed by atoms with Crippen LogP contribution in [0.25, 0.3) is 16.3 Å². The molecule has 3 nitrogen and oxygen atoms in total. The lowest BCUT2D eigenvalue weighted by molar-refractivity contribution is -0.504. The Kier molecular flexibility index (Phi) is 8.89. The summed E-state index contributed by atoms with van der Waals surface area (Å²) in [6.45, 7) is 2.29. The zero-order valence-electron chi connectivity index (χ0n) is 23.0. The third kappa shape index (κ3) is 6.64. The summed E-state index contributed by atoms with van der Waals surface area (Å²) in [4.78, 5) is 12.6. The Labute approximate surface area is 245 Å². The fourth-order valence-electron chi connectivity index (χ4n) is 5.82. The van der Waals surface area contributed by atoms with Gasteiger partial charge in [-0.2, -0.15) is 0 Å². The number of allylic oxidation sites excluding steroid dienone is 5. The van der Waals surface area contributed by atoms with Crippen LogP contribution in [0.1, 0.15) is 56.1 Å². The molecule has 0 saturated carbocycles. The lowest BCUT2D eigenvalue weighted by Crippen LogP contribution is -2.15. The fraction of sp³-hybridized carbons (Fsp3) is 0.314. The van der Waals surface area contributed by atoms with E-state index in [0.717, 1.165) is 42.4 Å². The number of nitrogens with one attached hydrogen (secondary N) is 1. The van der Waals surface area contributed by atoms with E-state index in [1.165, 1.54) is 64.6 Å². The Morgan fingerprint density at radius 1 is 0.850 bits per heavy atom. The van der Waals surface area contributed by atoms with Crippen molar-refractivity contribution in [1.82, 2.24) is 0 Å². The number of carbonyl (C=O) groups excluding carboxylic acids is 1. The molecule has 0 bridgehead atoms. The van der Waals surface area contributed by atoms with Crippen LogP contribution in [0, 0.1) is 0 Å². The smallest absolute Gasteiger partial charge is 0.224 e. The highest BCUT2D eigenvalue weighted by molar-refractivity contribution is 8.77. The van der Waals surface area contributed by atoms with Crippen LogP contribution in [0.5, 0.6) is 0 Å². The van der Waals surface area contributed by atoms with E-state index in [1.807, 2.05) is 33.7 Å². The second kappa shape index (κ2) is 13.1. The SMILES string of the molecule is O=C(CCCCC1CCSS1)Nc1ccc(C(=C2C=CC(=[N+]3CCCC3)C=C2)c2ccc3ccccc3c2)cc1. The maximum absolute atomic E-state index is 12.6. The lowest BCUT2D eigenvalue weighted by Gasteiger charge is -2.15. The van der Waals surface area contributed by atoms with E-state index in [4.69, 9.17) is 0 Å². The number of carbonyl (C=O) groups is 1. The molecule has 0 spiro atoms. The van der Waals surface area contributed by atoms with Gasteiger partial charge < -0.3 is 5.32 Å². The van der Waals surface area contributed by atoms with Crippen molar-refractivity contribution in [3.05, 3.63) is 108 Å². The third-order valence-corrected chi connectivity index (χ3v) is 11.0. The summed E-state index contributed by atoms with van der Waals surface area (Å²) in [5, 5.41) is 6.38. The largest absolute Gasteiger partial charge is 0.326 e. The molecular formula is C35H37N2OS2+. The summed E-state index contributed by atoms with van der Waals surface area (Å²) in [7, 11) is 4.01. The molecule has 1 N–H and O–H groups in total. The summed E-state index contributed by atoms with van der Waals surface area (Å²) in [5.41, 5.74) is 6.92. The van der Waals surface area contributed by atoms with Crippen LogP contribution in [-0.2, 0) is 4.79 Å². The summed E-state index contributed by atoms with van der Waals surface area (Å²) in [6.07, 6.45) is 16.8. The van der Waals surface area contributed by atoms with Crippen molar-refractivity contribution in [3.63, 3.8) is 0 Å². The van der Waals surface area contributed by atoms with E-state index in [9.17, 15) is 4.79 Å². The average Bonchev–Trinajstić information content (AvgIpc) is 3.72. The first-order valence-corrected chi connectivity index (χ1v) is 17.0. The maximum Gasteiger partial charge on any atom is 0.224 e. The Bertz CT molecular complexity index is 1470. The number of unbranched alkanes of at least 4 members (excludes halogenated alkanes) is 1. The van der Waals surface area contributed by atoms with Gasteiger partial charge in [0.25, 0.3) is 0 Å². The van der Waals surface area contributed by atoms with Crippen molar-refractivity contribution in [1.29, 1.82) is 0 Å². The van der Waals surface area contributed by atoms with E-state index in [2.05, 4.69) is 88.8 Å². The quantitative estimate of drug-likeness (QED) is 0.168. The second-order valence-corrected chi connectivity index (χ2v) is 13.7. The summed E-state index contributed by atoms with van der Waals surface area (Å²) in [5.74, 6) is 1.38. The van der Waals surface area contributed by atoms with Crippen LogP contribution in [0.3, 0.4) is 0 Å². The van der Waals surface area contributed by atoms with Gasteiger partial charge in [0.05, 0.1) is 0 Å². The highest BCUT2D eigenvalue weighted by Crippen LogP contribution is 2.40. The monoisotopic (exact) mass is 565 g/mol. The molecule has 1 atom stereocenters. The molecule has 3 aromatic rings. The van der Waals surface area contributed by atoms with Crippen molar-refractivity contribution in [2.75, 3.05) is 24.2 Å². The number of hydrogen-bond donors (Lipinski definition) is 1. The molecule has 40 heavy (non-hydrogen) atoms. The number of amides is 1. The molecule has 3 aromatic carbocycles. The van der Waals surface area contributed by atoms with Crippen LogP contribution < -0.4 is 5.32 Å². The Morgan fingerprint density at radius 2 is 1.60 bits per heavy atom. The van der Waals surface area contributed by atoms with Gasteiger partial charge in [-0.25, -0.2) is 4.58 Å². The number of fused-ring (bicyclic) bond motifs is 1. The minimum absolute atomic E-state index is 0.109. The molecule has 1 aliphatic carbocycles. The summed E-state index contributed by atoms with van der Waals surface area (Å²) >= 11 is 0. The van der Waals surface area contributed by atoms with Crippen LogP contribution in [0.4, 0.5) is 5.69 Å². The number of rotatable bonds is 8. The summed E-state index contributed by atoms with van der Waals surface area (Å²) < 4.78 is 2.48. The zero-order chi connectivity index (χ0) is 27.1. The van der Waals surface area contributed by atoms with E-state index in [0.29, 0.717) is 6.42 Å². The standard InChI is InChI=1S/C35H36N2OS2/c38-34(10-4-3-9-33-21-24-39-40-33)36-31-17-13-27(14-18-31)35(30-12-11-26-7-1-2-8-29(26)25-30)28-15-19-32(20-16-28)37-22-5-6-23-37/h1-2,7-8,11-20,25,33H,3-6,9-10,21-24H2/p+1. The fourth-order valence-corrected chi connectivity index (χ4v) is 8.85. The number of benzene rings is 3. The van der Waals surface area contributed by atoms with Crippen molar-refractivity contribution >= 4 is 55.2 Å².